The van der Waals surface area contributed by atoms with E-state index in [1.165, 1.54) is 28.6 Å². The molecule has 2 bridgehead atoms. The molecule has 0 radical (unpaired) electrons. The highest BCUT2D eigenvalue weighted by molar-refractivity contribution is 6.39. The van der Waals surface area contributed by atoms with Gasteiger partial charge in [0.25, 0.3) is 11.7 Å². The van der Waals surface area contributed by atoms with E-state index in [1.807, 2.05) is 26.8 Å². The molecule has 4 fully saturated rings. The largest absolute Gasteiger partial charge is 0.456 e. The molecule has 2 aromatic rings. The number of hydrogen-bond donors (Lipinski definition) is 3. The van der Waals surface area contributed by atoms with Crippen LogP contribution in [0.1, 0.15) is 131 Å². The molecule has 376 valence electrons. The lowest BCUT2D eigenvalue weighted by molar-refractivity contribution is -0.302. The summed E-state index contributed by atoms with van der Waals surface area (Å²) < 4.78 is 33.0. The minimum absolute atomic E-state index is 0.0352. The first-order valence-electron chi connectivity index (χ1n) is 25.5. The van der Waals surface area contributed by atoms with Gasteiger partial charge in [0.1, 0.15) is 24.0 Å². The van der Waals surface area contributed by atoms with Crippen LogP contribution in [0.15, 0.2) is 53.8 Å². The maximum absolute atomic E-state index is 14.6. The number of aliphatic hydroxyl groups excluding tert-OH is 1. The van der Waals surface area contributed by atoms with Gasteiger partial charge in [0.05, 0.1) is 30.5 Å². The van der Waals surface area contributed by atoms with Gasteiger partial charge in [-0.3, -0.25) is 14.4 Å². The highest BCUT2D eigenvalue weighted by Gasteiger charge is 2.56. The summed E-state index contributed by atoms with van der Waals surface area (Å²) in [5, 5.41) is 29.0. The Balaban J connectivity index is 1.16. The van der Waals surface area contributed by atoms with Crippen LogP contribution in [0.3, 0.4) is 0 Å². The fourth-order valence-electron chi connectivity index (χ4n) is 11.7. The molecule has 14 unspecified atom stereocenters. The average Bonchev–Trinajstić information content (AvgIpc) is 4.09. The van der Waals surface area contributed by atoms with Gasteiger partial charge in [-0.05, 0) is 133 Å². The Hall–Kier alpha value is -3.92. The number of nitrogens with one attached hydrogen (secondary N) is 1. The molecule has 2 saturated heterocycles. The molecule has 1 aromatic carbocycles. The molecule has 14 heteroatoms. The van der Waals surface area contributed by atoms with Crippen LogP contribution in [-0.4, -0.2) is 125 Å². The molecule has 14 nitrogen and oxygen atoms in total. The van der Waals surface area contributed by atoms with Gasteiger partial charge in [0.15, 0.2) is 0 Å². The molecule has 7 rings (SSSR count). The monoisotopic (exact) mass is 946 g/mol. The number of rotatable bonds is 9. The van der Waals surface area contributed by atoms with Crippen LogP contribution in [0.25, 0.3) is 10.9 Å². The zero-order valence-electron chi connectivity index (χ0n) is 42.0. The van der Waals surface area contributed by atoms with Crippen LogP contribution in [0.5, 0.6) is 0 Å². The number of Topliss-reactive ketones (excluding diaryl/α,β-unsaturated/α-hetero) is 2. The first kappa shape index (κ1) is 51.9. The van der Waals surface area contributed by atoms with Crippen LogP contribution >= 0.6 is 0 Å². The van der Waals surface area contributed by atoms with Crippen LogP contribution in [0.2, 0.25) is 0 Å². The Morgan fingerprint density at radius 2 is 1.63 bits per heavy atom. The third kappa shape index (κ3) is 11.5. The van der Waals surface area contributed by atoms with E-state index >= 15 is 0 Å². The van der Waals surface area contributed by atoms with Gasteiger partial charge >= 0.3 is 5.97 Å². The standard InChI is InChI=1S/C54H79N3O11/c1-10-37-24-31(2)23-32(3)25-47(65-8)50-48(66-9)27-34(5)54(63,68-50)51(60)52(61)57-21-12-11-13-43(57)53(62)67-49(35(6)44(58)30-45(37)59)33(4)26-36-14-18-41(46(28-36)64-7)55-39-15-19-42-38(29-39)20-22-56(42)40-16-17-40/h15,19-20,22,24,26,29,32,34-37,40-41,43-44,46-50,55,58,63H,10-14,16-18,21,23,25,27-28,30H2,1-9H3/b31-24+,33-26?. The van der Waals surface area contributed by atoms with Crippen molar-refractivity contribution in [3.63, 3.8) is 0 Å². The highest BCUT2D eigenvalue weighted by Crippen LogP contribution is 2.41. The third-order valence-corrected chi connectivity index (χ3v) is 15.9. The maximum atomic E-state index is 14.6. The van der Waals surface area contributed by atoms with Crippen molar-refractivity contribution < 1.29 is 53.1 Å². The molecule has 68 heavy (non-hydrogen) atoms. The Bertz CT molecular complexity index is 2160. The minimum Gasteiger partial charge on any atom is -0.456 e. The van der Waals surface area contributed by atoms with Crippen molar-refractivity contribution in [3.8, 4) is 0 Å². The van der Waals surface area contributed by atoms with Crippen LogP contribution in [0.4, 0.5) is 5.69 Å². The zero-order chi connectivity index (χ0) is 49.0. The SMILES string of the molecule is CCC1/C=C(\C)CC(C)CC(OC)C2OC(O)(C(=O)C(=O)N3CCCCC3C(=O)OC(C(C)=CC3CCC(Nc4ccc5c(ccn5C5CC5)c4)C(OC)C3)C(C)C(O)CC1=O)C(C)CC2OC. The highest BCUT2D eigenvalue weighted by atomic mass is 16.7. The van der Waals surface area contributed by atoms with Gasteiger partial charge in [0, 0.05) is 80.9 Å². The van der Waals surface area contributed by atoms with E-state index in [0.717, 1.165) is 29.7 Å². The Kier molecular flexibility index (Phi) is 17.1. The smallest absolute Gasteiger partial charge is 0.329 e. The Morgan fingerprint density at radius 1 is 0.912 bits per heavy atom. The van der Waals surface area contributed by atoms with Gasteiger partial charge in [-0.15, -0.1) is 0 Å². The lowest BCUT2D eigenvalue weighted by Gasteiger charge is -2.47. The van der Waals surface area contributed by atoms with Crippen molar-refractivity contribution in [2.45, 2.75) is 186 Å². The summed E-state index contributed by atoms with van der Waals surface area (Å²) in [6.45, 7) is 11.5. The number of amides is 1. The number of benzene rings is 1. The predicted octanol–water partition coefficient (Wildman–Crippen LogP) is 7.88. The lowest BCUT2D eigenvalue weighted by atomic mass is 9.80. The van der Waals surface area contributed by atoms with Crippen LogP contribution in [-0.2, 0) is 42.9 Å². The topological polar surface area (TPSA) is 175 Å². The van der Waals surface area contributed by atoms with Gasteiger partial charge in [-0.1, -0.05) is 45.4 Å². The predicted molar refractivity (Wildman–Crippen MR) is 260 cm³/mol. The lowest BCUT2D eigenvalue weighted by Crippen LogP contribution is -2.64. The van der Waals surface area contributed by atoms with E-state index in [4.69, 9.17) is 23.7 Å². The van der Waals surface area contributed by atoms with Crippen molar-refractivity contribution in [2.24, 2.45) is 29.6 Å². The number of carbonyl (C=O) groups excluding carboxylic acids is 4. The molecule has 2 aliphatic carbocycles. The first-order chi connectivity index (χ1) is 32.5. The van der Waals surface area contributed by atoms with E-state index in [2.05, 4.69) is 53.3 Å². The second-order valence-electron chi connectivity index (χ2n) is 21.1. The maximum Gasteiger partial charge on any atom is 0.329 e. The Labute approximate surface area is 403 Å². The number of aliphatic hydroxyl groups is 2. The van der Waals surface area contributed by atoms with Crippen molar-refractivity contribution in [1.29, 1.82) is 0 Å². The summed E-state index contributed by atoms with van der Waals surface area (Å²) in [5.74, 6) is -7.36. The van der Waals surface area contributed by atoms with Crippen LogP contribution in [0, 0.1) is 29.6 Å². The summed E-state index contributed by atoms with van der Waals surface area (Å²) in [4.78, 5) is 58.6. The molecular weight excluding hydrogens is 867 g/mol. The average molecular weight is 946 g/mol. The number of piperidine rings is 1. The van der Waals surface area contributed by atoms with Gasteiger partial charge in [-0.25, -0.2) is 4.79 Å². The van der Waals surface area contributed by atoms with Crippen molar-refractivity contribution in [1.82, 2.24) is 9.47 Å². The minimum atomic E-state index is -2.50. The van der Waals surface area contributed by atoms with E-state index in [0.29, 0.717) is 44.6 Å². The molecule has 3 aliphatic heterocycles. The first-order valence-corrected chi connectivity index (χ1v) is 25.5. The molecule has 14 atom stereocenters. The number of hydrogen-bond acceptors (Lipinski definition) is 12. The molecule has 3 N–H and O–H groups in total. The van der Waals surface area contributed by atoms with Crippen molar-refractivity contribution >= 4 is 40.0 Å². The number of cyclic esters (lactones) is 1. The number of esters is 1. The second kappa shape index (κ2) is 22.4. The molecule has 0 spiro atoms. The number of anilines is 1. The molecule has 1 amide bonds. The van der Waals surface area contributed by atoms with Crippen molar-refractivity contribution in [2.75, 3.05) is 33.2 Å². The molecular formula is C54H79N3O11. The summed E-state index contributed by atoms with van der Waals surface area (Å²) in [7, 11) is 4.82. The molecule has 4 heterocycles. The summed E-state index contributed by atoms with van der Waals surface area (Å²) in [5.41, 5.74) is 4.03. The number of ether oxygens (including phenoxy) is 5. The zero-order valence-corrected chi connectivity index (χ0v) is 42.0. The second-order valence-corrected chi connectivity index (χ2v) is 21.1. The van der Waals surface area contributed by atoms with E-state index in [1.54, 1.807) is 35.2 Å². The Morgan fingerprint density at radius 3 is 2.32 bits per heavy atom. The number of ketones is 2. The number of fused-ring (bicyclic) bond motifs is 4. The number of nitrogens with zero attached hydrogens (tertiary/aromatic N) is 2. The number of carbonyl (C=O) groups is 4. The van der Waals surface area contributed by atoms with E-state index in [9.17, 15) is 29.4 Å². The normalized spacial score (nSPS) is 37.5. The van der Waals surface area contributed by atoms with Gasteiger partial charge < -0.3 is 48.7 Å². The summed E-state index contributed by atoms with van der Waals surface area (Å²) in [6.07, 6.45) is 9.99. The molecule has 2 saturated carbocycles. The number of methoxy groups -OCH3 is 3. The summed E-state index contributed by atoms with van der Waals surface area (Å²) >= 11 is 0. The van der Waals surface area contributed by atoms with Gasteiger partial charge in [0.2, 0.25) is 5.79 Å². The molecule has 1 aromatic heterocycles. The molecule has 5 aliphatic rings. The number of aromatic nitrogens is 1. The van der Waals surface area contributed by atoms with E-state index < -0.39 is 77.8 Å². The summed E-state index contributed by atoms with van der Waals surface area (Å²) in [6, 6.07) is 8.28. The quantitative estimate of drug-likeness (QED) is 0.126. The fourth-order valence-corrected chi connectivity index (χ4v) is 11.7. The number of allylic oxidation sites excluding steroid dienone is 3. The third-order valence-electron chi connectivity index (χ3n) is 15.9. The van der Waals surface area contributed by atoms with Gasteiger partial charge in [-0.2, -0.15) is 0 Å². The van der Waals surface area contributed by atoms with E-state index in [-0.39, 0.29) is 55.6 Å². The van der Waals surface area contributed by atoms with Crippen LogP contribution < -0.4 is 5.32 Å². The van der Waals surface area contributed by atoms with Crippen molar-refractivity contribution in [3.05, 3.63) is 53.8 Å². The fraction of sp³-hybridized carbons (Fsp3) is 0.704.